The van der Waals surface area contributed by atoms with Crippen LogP contribution in [-0.2, 0) is 14.3 Å². The lowest BCUT2D eigenvalue weighted by Gasteiger charge is -2.56. The molecule has 162 valence electrons. The lowest BCUT2D eigenvalue weighted by molar-refractivity contribution is -0.156. The highest BCUT2D eigenvalue weighted by Crippen LogP contribution is 2.55. The maximum atomic E-state index is 12.9. The highest BCUT2D eigenvalue weighted by molar-refractivity contribution is 5.97. The van der Waals surface area contributed by atoms with Gasteiger partial charge in [-0.25, -0.2) is 14.0 Å². The van der Waals surface area contributed by atoms with Crippen LogP contribution in [0.25, 0.3) is 0 Å². The summed E-state index contributed by atoms with van der Waals surface area (Å²) in [4.78, 5) is 36.6. The fourth-order valence-electron chi connectivity index (χ4n) is 5.71. The van der Waals surface area contributed by atoms with Crippen LogP contribution in [0.3, 0.4) is 0 Å². The van der Waals surface area contributed by atoms with Crippen LogP contribution in [0.5, 0.6) is 5.75 Å². The van der Waals surface area contributed by atoms with E-state index in [2.05, 4.69) is 10.6 Å². The predicted molar refractivity (Wildman–Crippen MR) is 105 cm³/mol. The van der Waals surface area contributed by atoms with E-state index >= 15 is 0 Å². The summed E-state index contributed by atoms with van der Waals surface area (Å²) in [5.41, 5.74) is -0.206. The van der Waals surface area contributed by atoms with Crippen molar-refractivity contribution in [1.29, 1.82) is 0 Å². The van der Waals surface area contributed by atoms with Gasteiger partial charge in [-0.2, -0.15) is 0 Å². The summed E-state index contributed by atoms with van der Waals surface area (Å²) in [7, 11) is 0. The van der Waals surface area contributed by atoms with E-state index in [4.69, 9.17) is 9.47 Å². The molecule has 7 nitrogen and oxygen atoms in total. The maximum Gasteiger partial charge on any atom is 0.344 e. The molecule has 0 spiro atoms. The van der Waals surface area contributed by atoms with Crippen molar-refractivity contribution in [3.63, 3.8) is 0 Å². The van der Waals surface area contributed by atoms with Crippen LogP contribution in [0.2, 0.25) is 0 Å². The molecule has 4 aliphatic rings. The van der Waals surface area contributed by atoms with Gasteiger partial charge in [-0.05, 0) is 87.5 Å². The molecule has 0 unspecified atom stereocenters. The molecule has 0 radical (unpaired) electrons. The third-order valence-electron chi connectivity index (χ3n) is 6.50. The number of nitrogens with one attached hydrogen (secondary N) is 2. The van der Waals surface area contributed by atoms with E-state index < -0.39 is 36.4 Å². The summed E-state index contributed by atoms with van der Waals surface area (Å²) in [5.74, 6) is 0.466. The fourth-order valence-corrected chi connectivity index (χ4v) is 5.71. The first-order valence-corrected chi connectivity index (χ1v) is 10.5. The first-order chi connectivity index (χ1) is 14.3. The standard InChI is InChI=1S/C22H27FN2O5/c1-13(30-19(26)12-29-18-4-2-17(23)3-5-18)20(27)24-21(28)25-22-9-14-6-15(10-22)8-16(7-14)11-22/h2-5,13-16H,6-12H2,1H3,(H2,24,25,27,28)/t13-,14?,15?,16?,22?/m1/s1. The molecule has 4 bridgehead atoms. The number of hydrogen-bond acceptors (Lipinski definition) is 5. The molecule has 30 heavy (non-hydrogen) atoms. The maximum absolute atomic E-state index is 12.9. The molecule has 3 amide bonds. The number of urea groups is 1. The first kappa shape index (κ1) is 20.6. The molecule has 8 heteroatoms. The number of imide groups is 1. The summed E-state index contributed by atoms with van der Waals surface area (Å²) < 4.78 is 23.1. The van der Waals surface area contributed by atoms with Gasteiger partial charge in [0.05, 0.1) is 0 Å². The smallest absolute Gasteiger partial charge is 0.344 e. The molecule has 4 aliphatic carbocycles. The largest absolute Gasteiger partial charge is 0.482 e. The minimum absolute atomic E-state index is 0.206. The van der Waals surface area contributed by atoms with Crippen molar-refractivity contribution in [2.24, 2.45) is 17.8 Å². The van der Waals surface area contributed by atoms with Crippen molar-refractivity contribution in [2.45, 2.75) is 57.1 Å². The van der Waals surface area contributed by atoms with Crippen molar-refractivity contribution < 1.29 is 28.2 Å². The quantitative estimate of drug-likeness (QED) is 0.693. The Balaban J connectivity index is 1.21. The topological polar surface area (TPSA) is 93.7 Å². The van der Waals surface area contributed by atoms with E-state index in [-0.39, 0.29) is 5.54 Å². The van der Waals surface area contributed by atoms with E-state index in [0.717, 1.165) is 19.3 Å². The van der Waals surface area contributed by atoms with Crippen LogP contribution in [0, 0.1) is 23.6 Å². The second-order valence-corrected chi connectivity index (χ2v) is 9.02. The van der Waals surface area contributed by atoms with E-state index in [1.807, 2.05) is 0 Å². The fraction of sp³-hybridized carbons (Fsp3) is 0.591. The Labute approximate surface area is 174 Å². The zero-order chi connectivity index (χ0) is 21.3. The van der Waals surface area contributed by atoms with Gasteiger partial charge in [0.2, 0.25) is 0 Å². The van der Waals surface area contributed by atoms with Gasteiger partial charge in [-0.1, -0.05) is 0 Å². The van der Waals surface area contributed by atoms with E-state index in [1.54, 1.807) is 0 Å². The second kappa shape index (κ2) is 8.24. The van der Waals surface area contributed by atoms with Crippen molar-refractivity contribution >= 4 is 17.9 Å². The summed E-state index contributed by atoms with van der Waals surface area (Å²) in [6.45, 7) is 0.964. The molecule has 4 saturated carbocycles. The van der Waals surface area contributed by atoms with Gasteiger partial charge < -0.3 is 14.8 Å². The molecule has 5 rings (SSSR count). The number of hydrogen-bond donors (Lipinski definition) is 2. The molecule has 2 N–H and O–H groups in total. The number of carbonyl (C=O) groups is 3. The van der Waals surface area contributed by atoms with Crippen molar-refractivity contribution in [3.05, 3.63) is 30.1 Å². The van der Waals surface area contributed by atoms with Crippen molar-refractivity contribution in [3.8, 4) is 5.75 Å². The minimum atomic E-state index is -1.14. The Hall–Kier alpha value is -2.64. The predicted octanol–water partition coefficient (Wildman–Crippen LogP) is 2.93. The second-order valence-electron chi connectivity index (χ2n) is 9.02. The average Bonchev–Trinajstić information content (AvgIpc) is 2.65. The van der Waals surface area contributed by atoms with Crippen LogP contribution in [0.15, 0.2) is 24.3 Å². The first-order valence-electron chi connectivity index (χ1n) is 10.5. The number of rotatable bonds is 6. The molecule has 0 aromatic heterocycles. The Morgan fingerprint density at radius 2 is 1.63 bits per heavy atom. The van der Waals surface area contributed by atoms with Gasteiger partial charge in [-0.3, -0.25) is 10.1 Å². The zero-order valence-electron chi connectivity index (χ0n) is 17.0. The van der Waals surface area contributed by atoms with Crippen molar-refractivity contribution in [2.75, 3.05) is 6.61 Å². The molecule has 1 aromatic carbocycles. The molecule has 0 saturated heterocycles. The SMILES string of the molecule is C[C@@H](OC(=O)COc1ccc(F)cc1)C(=O)NC(=O)NC12CC3CC(CC(C3)C1)C2. The van der Waals surface area contributed by atoms with Gasteiger partial charge in [-0.15, -0.1) is 0 Å². The molecule has 4 fully saturated rings. The number of carbonyl (C=O) groups excluding carboxylic acids is 3. The molecule has 0 heterocycles. The Kier molecular flexibility index (Phi) is 5.66. The number of ether oxygens (including phenoxy) is 2. The van der Waals surface area contributed by atoms with Crippen LogP contribution in [-0.4, -0.2) is 36.2 Å². The van der Waals surface area contributed by atoms with Crippen LogP contribution in [0.4, 0.5) is 9.18 Å². The lowest BCUT2D eigenvalue weighted by atomic mass is 9.53. The molecular formula is C22H27FN2O5. The van der Waals surface area contributed by atoms with Gasteiger partial charge in [0.15, 0.2) is 12.7 Å². The van der Waals surface area contributed by atoms with E-state index in [0.29, 0.717) is 23.5 Å². The highest BCUT2D eigenvalue weighted by atomic mass is 19.1. The Morgan fingerprint density at radius 1 is 1.07 bits per heavy atom. The summed E-state index contributed by atoms with van der Waals surface area (Å²) in [5, 5.41) is 5.34. The number of amides is 3. The van der Waals surface area contributed by atoms with Crippen LogP contribution >= 0.6 is 0 Å². The van der Waals surface area contributed by atoms with Crippen molar-refractivity contribution in [1.82, 2.24) is 10.6 Å². The molecule has 0 aliphatic heterocycles. The van der Waals surface area contributed by atoms with Crippen LogP contribution < -0.4 is 15.4 Å². The summed E-state index contributed by atoms with van der Waals surface area (Å²) in [6.07, 6.45) is 5.57. The lowest BCUT2D eigenvalue weighted by Crippen LogP contribution is -2.62. The molecule has 1 atom stereocenters. The third kappa shape index (κ3) is 4.74. The number of benzene rings is 1. The molecular weight excluding hydrogens is 391 g/mol. The number of halogens is 1. The average molecular weight is 418 g/mol. The monoisotopic (exact) mass is 418 g/mol. The molecule has 1 aromatic rings. The van der Waals surface area contributed by atoms with Gasteiger partial charge in [0, 0.05) is 5.54 Å². The van der Waals surface area contributed by atoms with E-state index in [1.165, 1.54) is 50.5 Å². The normalized spacial score (nSPS) is 29.7. The number of esters is 1. The summed E-state index contributed by atoms with van der Waals surface area (Å²) >= 11 is 0. The van der Waals surface area contributed by atoms with Gasteiger partial charge in [0.25, 0.3) is 5.91 Å². The minimum Gasteiger partial charge on any atom is -0.482 e. The third-order valence-corrected chi connectivity index (χ3v) is 6.50. The zero-order valence-corrected chi connectivity index (χ0v) is 17.0. The van der Waals surface area contributed by atoms with Crippen LogP contribution in [0.1, 0.15) is 45.4 Å². The van der Waals surface area contributed by atoms with Gasteiger partial charge >= 0.3 is 12.0 Å². The summed E-state index contributed by atoms with van der Waals surface area (Å²) in [6, 6.07) is 4.65. The Morgan fingerprint density at radius 3 is 2.20 bits per heavy atom. The van der Waals surface area contributed by atoms with E-state index in [9.17, 15) is 18.8 Å². The van der Waals surface area contributed by atoms with Gasteiger partial charge in [0.1, 0.15) is 11.6 Å². The highest BCUT2D eigenvalue weighted by Gasteiger charge is 2.51. The Bertz CT molecular complexity index is 790.